The van der Waals surface area contributed by atoms with Crippen molar-refractivity contribution in [3.8, 4) is 5.75 Å². The summed E-state index contributed by atoms with van der Waals surface area (Å²) in [6, 6.07) is 5.13. The van der Waals surface area contributed by atoms with Crippen LogP contribution in [0, 0.1) is 0 Å². The van der Waals surface area contributed by atoms with E-state index in [0.29, 0.717) is 18.7 Å². The molecule has 4 rings (SSSR count). The largest absolute Gasteiger partial charge is 0.547 e. The van der Waals surface area contributed by atoms with Gasteiger partial charge in [0.2, 0.25) is 5.91 Å². The average molecular weight is 498 g/mol. The monoisotopic (exact) mass is 498 g/mol. The number of amides is 2. The zero-order chi connectivity index (χ0) is 25.5. The minimum absolute atomic E-state index is 0.0463. The Bertz CT molecular complexity index is 1090. The van der Waals surface area contributed by atoms with Crippen molar-refractivity contribution in [2.75, 3.05) is 19.7 Å². The van der Waals surface area contributed by atoms with Crippen molar-refractivity contribution >= 4 is 24.9 Å². The number of aromatic nitrogens is 3. The lowest BCUT2D eigenvalue weighted by Crippen LogP contribution is -2.53. The zero-order valence-electron chi connectivity index (χ0n) is 20.2. The summed E-state index contributed by atoms with van der Waals surface area (Å²) in [6.45, 7) is 3.76. The molecule has 4 N–H and O–H groups in total. The molecule has 2 atom stereocenters. The predicted molar refractivity (Wildman–Crippen MR) is 129 cm³/mol. The first-order chi connectivity index (χ1) is 17.4. The maximum absolute atomic E-state index is 12.6. The van der Waals surface area contributed by atoms with Gasteiger partial charge in [0.1, 0.15) is 17.9 Å². The Morgan fingerprint density at radius 3 is 2.94 bits per heavy atom. The van der Waals surface area contributed by atoms with Gasteiger partial charge in [-0.2, -0.15) is 0 Å². The van der Waals surface area contributed by atoms with Crippen LogP contribution in [0.2, 0.25) is 0 Å². The molecule has 0 saturated carbocycles. The number of carbonyl (C=O) groups is 3. The molecule has 1 aromatic heterocycles. The van der Waals surface area contributed by atoms with Crippen LogP contribution in [0.4, 0.5) is 0 Å². The SMILES string of the molecule is CCCCCOC(=O)c1cccc2c1OB(O)[C@@H](NC(=O)Cn1cc(C(=O)N[C@H]3CCNC3)nn1)C2. The van der Waals surface area contributed by atoms with Gasteiger partial charge in [-0.05, 0) is 37.4 Å². The maximum Gasteiger partial charge on any atom is 0.547 e. The van der Waals surface area contributed by atoms with Gasteiger partial charge in [0.15, 0.2) is 5.69 Å². The van der Waals surface area contributed by atoms with Crippen LogP contribution < -0.4 is 20.6 Å². The van der Waals surface area contributed by atoms with E-state index in [1.165, 1.54) is 10.9 Å². The number of unbranched alkanes of at least 4 members (excludes halogenated alkanes) is 2. The molecule has 36 heavy (non-hydrogen) atoms. The highest BCUT2D eigenvalue weighted by molar-refractivity contribution is 6.47. The van der Waals surface area contributed by atoms with Crippen molar-refractivity contribution in [2.45, 2.75) is 57.6 Å². The highest BCUT2D eigenvalue weighted by atomic mass is 16.5. The second-order valence-corrected chi connectivity index (χ2v) is 8.99. The lowest BCUT2D eigenvalue weighted by atomic mass is 9.72. The first-order valence-electron chi connectivity index (χ1n) is 12.3. The van der Waals surface area contributed by atoms with E-state index in [4.69, 9.17) is 9.39 Å². The van der Waals surface area contributed by atoms with Gasteiger partial charge in [-0.25, -0.2) is 9.48 Å². The van der Waals surface area contributed by atoms with E-state index in [1.54, 1.807) is 18.2 Å². The molecule has 0 radical (unpaired) electrons. The third-order valence-electron chi connectivity index (χ3n) is 6.14. The predicted octanol–water partition coefficient (Wildman–Crippen LogP) is -0.144. The van der Waals surface area contributed by atoms with Crippen LogP contribution in [0.1, 0.15) is 59.0 Å². The number of ether oxygens (including phenoxy) is 1. The second-order valence-electron chi connectivity index (χ2n) is 8.99. The number of nitrogens with zero attached hydrogens (tertiary/aromatic N) is 3. The number of esters is 1. The Morgan fingerprint density at radius 2 is 2.17 bits per heavy atom. The van der Waals surface area contributed by atoms with E-state index in [2.05, 4.69) is 33.2 Å². The maximum atomic E-state index is 12.6. The summed E-state index contributed by atoms with van der Waals surface area (Å²) in [5.41, 5.74) is 1.04. The number of rotatable bonds is 10. The summed E-state index contributed by atoms with van der Waals surface area (Å²) < 4.78 is 12.2. The van der Waals surface area contributed by atoms with E-state index in [9.17, 15) is 19.4 Å². The van der Waals surface area contributed by atoms with Crippen LogP contribution in [0.25, 0.3) is 0 Å². The zero-order valence-corrected chi connectivity index (χ0v) is 20.2. The summed E-state index contributed by atoms with van der Waals surface area (Å²) in [4.78, 5) is 37.4. The average Bonchev–Trinajstić information content (AvgIpc) is 3.54. The van der Waals surface area contributed by atoms with Crippen LogP contribution in [-0.4, -0.2) is 76.6 Å². The Balaban J connectivity index is 1.32. The fraction of sp³-hybridized carbons (Fsp3) is 0.522. The number of carbonyl (C=O) groups excluding carboxylic acids is 3. The molecular weight excluding hydrogens is 467 g/mol. The first-order valence-corrected chi connectivity index (χ1v) is 12.3. The van der Waals surface area contributed by atoms with Crippen LogP contribution in [0.3, 0.4) is 0 Å². The van der Waals surface area contributed by atoms with E-state index < -0.39 is 24.9 Å². The molecule has 13 heteroatoms. The summed E-state index contributed by atoms with van der Waals surface area (Å²) in [6.07, 6.45) is 5.28. The van der Waals surface area contributed by atoms with Crippen molar-refractivity contribution in [3.63, 3.8) is 0 Å². The summed E-state index contributed by atoms with van der Waals surface area (Å²) in [7, 11) is -1.35. The molecule has 2 aliphatic heterocycles. The summed E-state index contributed by atoms with van der Waals surface area (Å²) >= 11 is 0. The molecule has 2 aliphatic rings. The number of fused-ring (bicyclic) bond motifs is 1. The van der Waals surface area contributed by atoms with Gasteiger partial charge in [-0.15, -0.1) is 5.10 Å². The number of nitrogens with one attached hydrogen (secondary N) is 3. The Labute approximate surface area is 209 Å². The minimum atomic E-state index is -1.35. The van der Waals surface area contributed by atoms with Crippen molar-refractivity contribution < 1.29 is 28.8 Å². The van der Waals surface area contributed by atoms with Gasteiger partial charge in [0.25, 0.3) is 5.91 Å². The lowest BCUT2D eigenvalue weighted by molar-refractivity contribution is -0.122. The number of hydrogen-bond donors (Lipinski definition) is 4. The third-order valence-corrected chi connectivity index (χ3v) is 6.14. The molecular formula is C23H31BN6O6. The lowest BCUT2D eigenvalue weighted by Gasteiger charge is -2.29. The normalized spacial score (nSPS) is 18.8. The molecule has 1 saturated heterocycles. The molecule has 12 nitrogen and oxygen atoms in total. The minimum Gasteiger partial charge on any atom is -0.534 e. The van der Waals surface area contributed by atoms with Gasteiger partial charge in [0, 0.05) is 12.6 Å². The van der Waals surface area contributed by atoms with E-state index in [1.807, 2.05) is 0 Å². The highest BCUT2D eigenvalue weighted by Crippen LogP contribution is 2.30. The van der Waals surface area contributed by atoms with Crippen LogP contribution in [0.15, 0.2) is 24.4 Å². The van der Waals surface area contributed by atoms with Gasteiger partial charge < -0.3 is 30.4 Å². The van der Waals surface area contributed by atoms with Crippen LogP contribution >= 0.6 is 0 Å². The molecule has 0 aliphatic carbocycles. The molecule has 0 spiro atoms. The Morgan fingerprint density at radius 1 is 1.31 bits per heavy atom. The summed E-state index contributed by atoms with van der Waals surface area (Å²) in [5, 5.41) is 27.0. The van der Waals surface area contributed by atoms with E-state index in [0.717, 1.165) is 32.2 Å². The molecule has 2 amide bonds. The quantitative estimate of drug-likeness (QED) is 0.199. The van der Waals surface area contributed by atoms with Crippen molar-refractivity contribution in [1.29, 1.82) is 0 Å². The standard InChI is InChI=1S/C23H31BN6O6/c1-2-3-4-10-35-23(33)17-7-5-6-15-11-19(24(34)36-21(15)17)27-20(31)14-30-13-18(28-29-30)22(32)26-16-8-9-25-12-16/h5-7,13,16,19,25,34H,2-4,8-12,14H2,1H3,(H,26,32)(H,27,31)/t16-,19-/m0/s1. The Hall–Kier alpha value is -3.45. The van der Waals surface area contributed by atoms with Crippen LogP contribution in [0.5, 0.6) is 5.75 Å². The summed E-state index contributed by atoms with van der Waals surface area (Å²) in [5.74, 6) is -1.76. The highest BCUT2D eigenvalue weighted by Gasteiger charge is 2.38. The molecule has 2 aromatic rings. The van der Waals surface area contributed by atoms with Crippen molar-refractivity contribution in [1.82, 2.24) is 30.9 Å². The van der Waals surface area contributed by atoms with Crippen molar-refractivity contribution in [2.24, 2.45) is 0 Å². The third kappa shape index (κ3) is 6.40. The fourth-order valence-electron chi connectivity index (χ4n) is 4.22. The number of para-hydroxylation sites is 1. The van der Waals surface area contributed by atoms with Crippen LogP contribution in [-0.2, 0) is 22.5 Å². The van der Waals surface area contributed by atoms with E-state index >= 15 is 0 Å². The number of hydrogen-bond acceptors (Lipinski definition) is 9. The smallest absolute Gasteiger partial charge is 0.534 e. The number of benzene rings is 1. The molecule has 0 bridgehead atoms. The second kappa shape index (κ2) is 12.0. The van der Waals surface area contributed by atoms with E-state index in [-0.39, 0.29) is 41.9 Å². The van der Waals surface area contributed by atoms with Crippen molar-refractivity contribution in [3.05, 3.63) is 41.2 Å². The molecule has 1 fully saturated rings. The van der Waals surface area contributed by atoms with Gasteiger partial charge in [-0.3, -0.25) is 9.59 Å². The topological polar surface area (TPSA) is 157 Å². The molecule has 0 unspecified atom stereocenters. The molecule has 3 heterocycles. The molecule has 192 valence electrons. The molecule has 1 aromatic carbocycles. The Kier molecular flexibility index (Phi) is 8.54. The fourth-order valence-corrected chi connectivity index (χ4v) is 4.22. The first kappa shape index (κ1) is 25.6. The van der Waals surface area contributed by atoms with Gasteiger partial charge in [-0.1, -0.05) is 37.1 Å². The van der Waals surface area contributed by atoms with Gasteiger partial charge in [0.05, 0.1) is 18.7 Å². The van der Waals surface area contributed by atoms with Gasteiger partial charge >= 0.3 is 13.1 Å².